The molecule has 1 fully saturated rings. The van der Waals surface area contributed by atoms with Gasteiger partial charge in [-0.15, -0.1) is 0 Å². The molecule has 12 heteroatoms. The number of nitrogens with zero attached hydrogens (tertiary/aromatic N) is 1. The van der Waals surface area contributed by atoms with E-state index in [1.807, 2.05) is 24.3 Å². The number of benzene rings is 1. The lowest BCUT2D eigenvalue weighted by molar-refractivity contribution is -0.133. The highest BCUT2D eigenvalue weighted by Crippen LogP contribution is 2.29. The predicted octanol–water partition coefficient (Wildman–Crippen LogP) is 0.717. The highest BCUT2D eigenvalue weighted by Gasteiger charge is 2.50. The Labute approximate surface area is 220 Å². The van der Waals surface area contributed by atoms with E-state index >= 15 is 0 Å². The third-order valence-electron chi connectivity index (χ3n) is 6.18. The number of amides is 3. The number of nitrogens with one attached hydrogen (secondary N) is 3. The molecule has 1 aromatic heterocycles. The number of carbonyl (C=O) groups is 4. The van der Waals surface area contributed by atoms with Gasteiger partial charge < -0.3 is 34.7 Å². The van der Waals surface area contributed by atoms with Gasteiger partial charge in [-0.05, 0) is 51.3 Å². The zero-order valence-corrected chi connectivity index (χ0v) is 22.2. The van der Waals surface area contributed by atoms with E-state index in [0.29, 0.717) is 18.6 Å². The fraction of sp³-hybridized carbons (Fsp3) is 0.500. The van der Waals surface area contributed by atoms with Crippen molar-refractivity contribution in [2.75, 3.05) is 27.4 Å². The Morgan fingerprint density at radius 1 is 1.05 bits per heavy atom. The number of hydrogen-bond acceptors (Lipinski definition) is 9. The summed E-state index contributed by atoms with van der Waals surface area (Å²) in [5.41, 5.74) is 0.0511. The molecule has 2 heterocycles. The molecule has 38 heavy (non-hydrogen) atoms. The maximum atomic E-state index is 13.1. The first-order chi connectivity index (χ1) is 18.1. The van der Waals surface area contributed by atoms with Gasteiger partial charge in [0.05, 0.1) is 26.4 Å². The predicted molar refractivity (Wildman–Crippen MR) is 135 cm³/mol. The first kappa shape index (κ1) is 28.8. The fourth-order valence-corrected chi connectivity index (χ4v) is 3.72. The molecule has 0 unspecified atom stereocenters. The van der Waals surface area contributed by atoms with Crippen LogP contribution in [0, 0.1) is 6.92 Å². The summed E-state index contributed by atoms with van der Waals surface area (Å²) in [5, 5.41) is 11.5. The molecule has 0 saturated carbocycles. The molecule has 3 amide bonds. The molecule has 0 spiro atoms. The van der Waals surface area contributed by atoms with Gasteiger partial charge in [-0.2, -0.15) is 0 Å². The van der Waals surface area contributed by atoms with Crippen LogP contribution in [0.4, 0.5) is 0 Å². The van der Waals surface area contributed by atoms with Crippen molar-refractivity contribution in [3.8, 4) is 5.75 Å². The lowest BCUT2D eigenvalue weighted by atomic mass is 9.95. The van der Waals surface area contributed by atoms with Crippen LogP contribution in [0.3, 0.4) is 0 Å². The first-order valence-electron chi connectivity index (χ1n) is 12.2. The van der Waals surface area contributed by atoms with E-state index in [9.17, 15) is 19.2 Å². The van der Waals surface area contributed by atoms with E-state index < -0.39 is 41.4 Å². The van der Waals surface area contributed by atoms with Crippen LogP contribution < -0.4 is 20.7 Å². The van der Waals surface area contributed by atoms with Crippen molar-refractivity contribution in [2.24, 2.45) is 0 Å². The molecular weight excluding hydrogens is 496 g/mol. The second-order valence-electron chi connectivity index (χ2n) is 9.37. The zero-order valence-electron chi connectivity index (χ0n) is 22.2. The third-order valence-corrected chi connectivity index (χ3v) is 6.18. The van der Waals surface area contributed by atoms with E-state index in [0.717, 1.165) is 11.3 Å². The molecule has 3 rings (SSSR count). The summed E-state index contributed by atoms with van der Waals surface area (Å²) >= 11 is 0. The molecule has 1 aliphatic heterocycles. The summed E-state index contributed by atoms with van der Waals surface area (Å²) in [4.78, 5) is 51.3. The van der Waals surface area contributed by atoms with Crippen LogP contribution in [-0.2, 0) is 30.3 Å². The number of Topliss-reactive ketones (excluding diaryl/α,β-unsaturated/α-hetero) is 1. The van der Waals surface area contributed by atoms with E-state index in [1.165, 1.54) is 20.1 Å². The van der Waals surface area contributed by atoms with Crippen molar-refractivity contribution in [1.82, 2.24) is 21.1 Å². The molecule has 3 N–H and O–H groups in total. The van der Waals surface area contributed by atoms with E-state index in [4.69, 9.17) is 18.7 Å². The maximum absolute atomic E-state index is 13.1. The monoisotopic (exact) mass is 530 g/mol. The number of hydrogen-bond donors (Lipinski definition) is 3. The molecule has 0 bridgehead atoms. The Kier molecular flexibility index (Phi) is 9.59. The van der Waals surface area contributed by atoms with Crippen LogP contribution in [0.2, 0.25) is 0 Å². The van der Waals surface area contributed by atoms with Crippen LogP contribution in [0.15, 0.2) is 34.9 Å². The number of ketones is 1. The van der Waals surface area contributed by atoms with E-state index in [-0.39, 0.29) is 24.7 Å². The lowest BCUT2D eigenvalue weighted by Gasteiger charge is -2.24. The molecule has 0 radical (unpaired) electrons. The van der Waals surface area contributed by atoms with Gasteiger partial charge in [0.1, 0.15) is 29.2 Å². The molecule has 12 nitrogen and oxygen atoms in total. The van der Waals surface area contributed by atoms with Gasteiger partial charge >= 0.3 is 0 Å². The van der Waals surface area contributed by atoms with Gasteiger partial charge in [-0.25, -0.2) is 0 Å². The number of rotatable bonds is 14. The summed E-state index contributed by atoms with van der Waals surface area (Å²) in [7, 11) is 2.96. The summed E-state index contributed by atoms with van der Waals surface area (Å²) in [6.07, 6.45) is 0.872. The molecule has 1 aliphatic rings. The van der Waals surface area contributed by atoms with Gasteiger partial charge in [0.2, 0.25) is 11.8 Å². The van der Waals surface area contributed by atoms with Crippen molar-refractivity contribution < 1.29 is 37.9 Å². The minimum Gasteiger partial charge on any atom is -0.497 e. The highest BCUT2D eigenvalue weighted by molar-refractivity contribution is 5.99. The molecule has 206 valence electrons. The van der Waals surface area contributed by atoms with Crippen LogP contribution in [-0.4, -0.2) is 79.8 Å². The van der Waals surface area contributed by atoms with Crippen molar-refractivity contribution >= 4 is 23.5 Å². The average molecular weight is 531 g/mol. The number of ether oxygens (including phenoxy) is 3. The van der Waals surface area contributed by atoms with Gasteiger partial charge in [0.15, 0.2) is 11.5 Å². The van der Waals surface area contributed by atoms with Gasteiger partial charge in [0.25, 0.3) is 5.91 Å². The quantitative estimate of drug-likeness (QED) is 0.299. The second kappa shape index (κ2) is 12.7. The first-order valence-corrected chi connectivity index (χ1v) is 12.2. The maximum Gasteiger partial charge on any atom is 0.274 e. The minimum absolute atomic E-state index is 0.0104. The summed E-state index contributed by atoms with van der Waals surface area (Å²) in [5.74, 6) is -0.887. The summed E-state index contributed by atoms with van der Waals surface area (Å²) in [6, 6.07) is 5.96. The third kappa shape index (κ3) is 7.62. The van der Waals surface area contributed by atoms with E-state index in [1.54, 1.807) is 21.0 Å². The Balaban J connectivity index is 1.61. The molecule has 4 atom stereocenters. The van der Waals surface area contributed by atoms with E-state index in [2.05, 4.69) is 21.1 Å². The molecule has 2 aromatic rings. The standard InChI is InChI=1S/C26H34N4O8/c1-15-12-20(30-38-15)24(33)29-21(13-35-4)25(34)27-16(2)23(32)28-19(22(31)26(3)14-37-26)11-8-17-6-9-18(36-5)10-7-17/h6-7,9-10,12,16,19,21H,8,11,13-14H2,1-5H3,(H,27,34)(H,28,32)(H,29,33)/t16-,19-,21-,26+/m0/s1. The Morgan fingerprint density at radius 3 is 2.29 bits per heavy atom. The summed E-state index contributed by atoms with van der Waals surface area (Å²) < 4.78 is 20.4. The number of epoxide rings is 1. The number of methoxy groups -OCH3 is 2. The zero-order chi connectivity index (χ0) is 27.9. The average Bonchev–Trinajstić information content (AvgIpc) is 3.51. The van der Waals surface area contributed by atoms with Crippen molar-refractivity contribution in [3.63, 3.8) is 0 Å². The Hall–Kier alpha value is -3.77. The Morgan fingerprint density at radius 2 is 1.74 bits per heavy atom. The van der Waals surface area contributed by atoms with Crippen LogP contribution in [0.1, 0.15) is 42.1 Å². The topological polar surface area (TPSA) is 161 Å². The minimum atomic E-state index is -1.09. The van der Waals surface area contributed by atoms with Crippen molar-refractivity contribution in [3.05, 3.63) is 47.3 Å². The highest BCUT2D eigenvalue weighted by atomic mass is 16.6. The largest absolute Gasteiger partial charge is 0.497 e. The van der Waals surface area contributed by atoms with Gasteiger partial charge in [-0.3, -0.25) is 19.2 Å². The van der Waals surface area contributed by atoms with Crippen LogP contribution in [0.25, 0.3) is 0 Å². The van der Waals surface area contributed by atoms with Crippen molar-refractivity contribution in [2.45, 2.75) is 57.3 Å². The summed E-state index contributed by atoms with van der Waals surface area (Å²) in [6.45, 7) is 4.95. The molecule has 1 saturated heterocycles. The Bertz CT molecular complexity index is 1140. The second-order valence-corrected chi connectivity index (χ2v) is 9.37. The van der Waals surface area contributed by atoms with Gasteiger partial charge in [-0.1, -0.05) is 17.3 Å². The van der Waals surface area contributed by atoms with Gasteiger partial charge in [0, 0.05) is 13.2 Å². The molecular formula is C26H34N4O8. The van der Waals surface area contributed by atoms with Crippen LogP contribution >= 0.6 is 0 Å². The number of aromatic nitrogens is 1. The SMILES string of the molecule is COC[C@H](NC(=O)c1cc(C)on1)C(=O)N[C@@H](C)C(=O)N[C@@H](CCc1ccc(OC)cc1)C(=O)[C@@]1(C)CO1. The van der Waals surface area contributed by atoms with Crippen molar-refractivity contribution in [1.29, 1.82) is 0 Å². The number of aryl methyl sites for hydroxylation is 2. The fourth-order valence-electron chi connectivity index (χ4n) is 3.72. The smallest absolute Gasteiger partial charge is 0.274 e. The molecule has 1 aromatic carbocycles. The molecule has 0 aliphatic carbocycles. The lowest BCUT2D eigenvalue weighted by Crippen LogP contribution is -2.56. The van der Waals surface area contributed by atoms with Crippen LogP contribution in [0.5, 0.6) is 5.75 Å². The normalized spacial score (nSPS) is 18.6. The number of carbonyl (C=O) groups excluding carboxylic acids is 4.